The molecule has 1 saturated heterocycles. The molecule has 138 valence electrons. The molecule has 0 aliphatic carbocycles. The Balaban J connectivity index is 1.78. The van der Waals surface area contributed by atoms with Gasteiger partial charge in [0, 0.05) is 39.0 Å². The molecule has 0 N–H and O–H groups in total. The quantitative estimate of drug-likeness (QED) is 0.760. The van der Waals surface area contributed by atoms with Crippen molar-refractivity contribution in [1.82, 2.24) is 9.80 Å². The Hall–Kier alpha value is -1.84. The standard InChI is InChI=1S/C21H32N2O2/c1-3-5-7-20(24)22-14-6-15-23(17-16-22)21(25)13-12-19-10-8-18(4-2)9-11-19/h8-11H,3-7,12-17H2,1-2H3. The number of amides is 2. The lowest BCUT2D eigenvalue weighted by molar-refractivity contribution is -0.133. The highest BCUT2D eigenvalue weighted by Gasteiger charge is 2.21. The van der Waals surface area contributed by atoms with Crippen LogP contribution in [0.4, 0.5) is 0 Å². The van der Waals surface area contributed by atoms with Crippen molar-refractivity contribution in [2.75, 3.05) is 26.2 Å². The number of carbonyl (C=O) groups is 2. The zero-order valence-electron chi connectivity index (χ0n) is 15.8. The van der Waals surface area contributed by atoms with E-state index >= 15 is 0 Å². The molecule has 0 saturated carbocycles. The minimum absolute atomic E-state index is 0.211. The molecule has 2 amide bonds. The highest BCUT2D eigenvalue weighted by molar-refractivity contribution is 5.78. The van der Waals surface area contributed by atoms with Crippen molar-refractivity contribution >= 4 is 11.8 Å². The van der Waals surface area contributed by atoms with Crippen molar-refractivity contribution in [3.05, 3.63) is 35.4 Å². The molecule has 0 atom stereocenters. The zero-order chi connectivity index (χ0) is 18.1. The van der Waals surface area contributed by atoms with Crippen LogP contribution in [0.1, 0.15) is 57.1 Å². The molecule has 25 heavy (non-hydrogen) atoms. The molecule has 0 bridgehead atoms. The third kappa shape index (κ3) is 6.18. The molecule has 0 radical (unpaired) electrons. The van der Waals surface area contributed by atoms with E-state index in [4.69, 9.17) is 0 Å². The van der Waals surface area contributed by atoms with Crippen molar-refractivity contribution in [1.29, 1.82) is 0 Å². The van der Waals surface area contributed by atoms with Gasteiger partial charge in [0.1, 0.15) is 0 Å². The normalized spacial score (nSPS) is 15.1. The Bertz CT molecular complexity index is 554. The predicted molar refractivity (Wildman–Crippen MR) is 101 cm³/mol. The zero-order valence-corrected chi connectivity index (χ0v) is 15.8. The monoisotopic (exact) mass is 344 g/mol. The molecule has 1 aliphatic heterocycles. The van der Waals surface area contributed by atoms with Gasteiger partial charge in [0.05, 0.1) is 0 Å². The highest BCUT2D eigenvalue weighted by Crippen LogP contribution is 2.11. The summed E-state index contributed by atoms with van der Waals surface area (Å²) < 4.78 is 0. The molecule has 0 unspecified atom stereocenters. The fraction of sp³-hybridized carbons (Fsp3) is 0.619. The lowest BCUT2D eigenvalue weighted by atomic mass is 10.1. The topological polar surface area (TPSA) is 40.6 Å². The summed E-state index contributed by atoms with van der Waals surface area (Å²) >= 11 is 0. The van der Waals surface area contributed by atoms with Crippen LogP contribution in [0.5, 0.6) is 0 Å². The maximum absolute atomic E-state index is 12.5. The van der Waals surface area contributed by atoms with Crippen molar-refractivity contribution in [3.63, 3.8) is 0 Å². The molecule has 1 aromatic carbocycles. The van der Waals surface area contributed by atoms with Crippen LogP contribution < -0.4 is 0 Å². The van der Waals surface area contributed by atoms with E-state index in [1.165, 1.54) is 11.1 Å². The van der Waals surface area contributed by atoms with Crippen LogP contribution >= 0.6 is 0 Å². The first-order chi connectivity index (χ1) is 12.1. The summed E-state index contributed by atoms with van der Waals surface area (Å²) in [5, 5.41) is 0. The summed E-state index contributed by atoms with van der Waals surface area (Å²) in [6, 6.07) is 8.54. The minimum atomic E-state index is 0.211. The Kier molecular flexibility index (Phi) is 7.96. The number of rotatable bonds is 7. The van der Waals surface area contributed by atoms with Crippen LogP contribution in [-0.2, 0) is 22.4 Å². The molecule has 4 nitrogen and oxygen atoms in total. The number of unbranched alkanes of at least 4 members (excludes halogenated alkanes) is 1. The van der Waals surface area contributed by atoms with Gasteiger partial charge < -0.3 is 9.80 Å². The first-order valence-corrected chi connectivity index (χ1v) is 9.77. The third-order valence-electron chi connectivity index (χ3n) is 5.00. The van der Waals surface area contributed by atoms with E-state index in [1.54, 1.807) is 0 Å². The third-order valence-corrected chi connectivity index (χ3v) is 5.00. The van der Waals surface area contributed by atoms with E-state index in [0.29, 0.717) is 25.9 Å². The van der Waals surface area contributed by atoms with E-state index in [2.05, 4.69) is 38.1 Å². The Morgan fingerprint density at radius 2 is 1.40 bits per heavy atom. The van der Waals surface area contributed by atoms with Crippen LogP contribution in [0, 0.1) is 0 Å². The predicted octanol–water partition coefficient (Wildman–Crippen LogP) is 3.43. The van der Waals surface area contributed by atoms with Gasteiger partial charge in [0.15, 0.2) is 0 Å². The van der Waals surface area contributed by atoms with Crippen LogP contribution in [0.15, 0.2) is 24.3 Å². The van der Waals surface area contributed by atoms with Crippen LogP contribution in [0.2, 0.25) is 0 Å². The molecule has 0 spiro atoms. The number of carbonyl (C=O) groups excluding carboxylic acids is 2. The fourth-order valence-corrected chi connectivity index (χ4v) is 3.25. The Morgan fingerprint density at radius 1 is 0.840 bits per heavy atom. The van der Waals surface area contributed by atoms with Gasteiger partial charge in [-0.1, -0.05) is 44.5 Å². The van der Waals surface area contributed by atoms with Crippen molar-refractivity contribution in [3.8, 4) is 0 Å². The second-order valence-corrected chi connectivity index (χ2v) is 6.89. The van der Waals surface area contributed by atoms with Crippen LogP contribution in [-0.4, -0.2) is 47.8 Å². The van der Waals surface area contributed by atoms with Gasteiger partial charge in [0.2, 0.25) is 11.8 Å². The molecule has 1 aliphatic rings. The SMILES string of the molecule is CCCCC(=O)N1CCCN(C(=O)CCc2ccc(CC)cc2)CC1. The largest absolute Gasteiger partial charge is 0.341 e. The maximum Gasteiger partial charge on any atom is 0.222 e. The summed E-state index contributed by atoms with van der Waals surface area (Å²) in [6.45, 7) is 7.15. The molecule has 0 aromatic heterocycles. The average Bonchev–Trinajstić information content (AvgIpc) is 2.91. The Labute approximate surface area is 152 Å². The number of nitrogens with zero attached hydrogens (tertiary/aromatic N) is 2. The van der Waals surface area contributed by atoms with E-state index < -0.39 is 0 Å². The first kappa shape index (κ1) is 19.5. The number of hydrogen-bond donors (Lipinski definition) is 0. The van der Waals surface area contributed by atoms with E-state index in [1.807, 2.05) is 9.80 Å². The number of hydrogen-bond acceptors (Lipinski definition) is 2. The van der Waals surface area contributed by atoms with E-state index in [9.17, 15) is 9.59 Å². The summed E-state index contributed by atoms with van der Waals surface area (Å²) in [4.78, 5) is 28.6. The number of benzene rings is 1. The smallest absolute Gasteiger partial charge is 0.222 e. The van der Waals surface area contributed by atoms with Crippen molar-refractivity contribution < 1.29 is 9.59 Å². The fourth-order valence-electron chi connectivity index (χ4n) is 3.25. The van der Waals surface area contributed by atoms with Gasteiger partial charge >= 0.3 is 0 Å². The second-order valence-electron chi connectivity index (χ2n) is 6.89. The second kappa shape index (κ2) is 10.2. The molecule has 2 rings (SSSR count). The van der Waals surface area contributed by atoms with Gasteiger partial charge in [-0.3, -0.25) is 9.59 Å². The summed E-state index contributed by atoms with van der Waals surface area (Å²) in [5.74, 6) is 0.453. The lowest BCUT2D eigenvalue weighted by Gasteiger charge is -2.22. The van der Waals surface area contributed by atoms with Gasteiger partial charge in [-0.25, -0.2) is 0 Å². The van der Waals surface area contributed by atoms with Gasteiger partial charge in [-0.2, -0.15) is 0 Å². The summed E-state index contributed by atoms with van der Waals surface area (Å²) in [7, 11) is 0. The van der Waals surface area contributed by atoms with Crippen LogP contribution in [0.3, 0.4) is 0 Å². The molecule has 4 heteroatoms. The maximum atomic E-state index is 12.5. The molecule has 1 aromatic rings. The van der Waals surface area contributed by atoms with Crippen molar-refractivity contribution in [2.45, 2.75) is 58.8 Å². The highest BCUT2D eigenvalue weighted by atomic mass is 16.2. The Morgan fingerprint density at radius 3 is 1.96 bits per heavy atom. The van der Waals surface area contributed by atoms with E-state index in [0.717, 1.165) is 45.2 Å². The average molecular weight is 344 g/mol. The lowest BCUT2D eigenvalue weighted by Crippen LogP contribution is -2.37. The van der Waals surface area contributed by atoms with Crippen LogP contribution in [0.25, 0.3) is 0 Å². The molecule has 1 fully saturated rings. The first-order valence-electron chi connectivity index (χ1n) is 9.77. The molecule has 1 heterocycles. The summed E-state index contributed by atoms with van der Waals surface area (Å²) in [6.07, 6.45) is 5.90. The van der Waals surface area contributed by atoms with Crippen molar-refractivity contribution in [2.24, 2.45) is 0 Å². The van der Waals surface area contributed by atoms with Gasteiger partial charge in [-0.05, 0) is 36.8 Å². The summed E-state index contributed by atoms with van der Waals surface area (Å²) in [5.41, 5.74) is 2.55. The minimum Gasteiger partial charge on any atom is -0.341 e. The molecular weight excluding hydrogens is 312 g/mol. The van der Waals surface area contributed by atoms with E-state index in [-0.39, 0.29) is 11.8 Å². The number of aryl methyl sites for hydroxylation is 2. The van der Waals surface area contributed by atoms with Gasteiger partial charge in [0.25, 0.3) is 0 Å². The molecular formula is C21H32N2O2. The van der Waals surface area contributed by atoms with Gasteiger partial charge in [-0.15, -0.1) is 0 Å².